The van der Waals surface area contributed by atoms with Crippen LogP contribution in [0.5, 0.6) is 0 Å². The lowest BCUT2D eigenvalue weighted by Gasteiger charge is -2.46. The maximum Gasteiger partial charge on any atom is 0.164 e. The predicted octanol–water partition coefficient (Wildman–Crippen LogP) is 0.341. The Morgan fingerprint density at radius 1 is 1.20 bits per heavy atom. The van der Waals surface area contributed by atoms with Crippen LogP contribution in [-0.4, -0.2) is 89.5 Å². The van der Waals surface area contributed by atoms with Crippen LogP contribution in [0.1, 0.15) is 13.8 Å². The molecule has 0 amide bonds. The zero-order chi connectivity index (χ0) is 21.5. The van der Waals surface area contributed by atoms with E-state index < -0.39 is 42.9 Å². The van der Waals surface area contributed by atoms with E-state index in [0.29, 0.717) is 6.54 Å². The van der Waals surface area contributed by atoms with Gasteiger partial charge in [0, 0.05) is 29.8 Å². The van der Waals surface area contributed by atoms with Gasteiger partial charge in [0.2, 0.25) is 0 Å². The first-order chi connectivity index (χ1) is 14.3. The van der Waals surface area contributed by atoms with Crippen LogP contribution in [0.15, 0.2) is 35.2 Å². The first-order valence-electron chi connectivity index (χ1n) is 10.3. The molecule has 0 bridgehead atoms. The van der Waals surface area contributed by atoms with Gasteiger partial charge < -0.3 is 39.6 Å². The van der Waals surface area contributed by atoms with Crippen molar-refractivity contribution in [1.29, 1.82) is 0 Å². The zero-order valence-electron chi connectivity index (χ0n) is 17.4. The van der Waals surface area contributed by atoms with Crippen LogP contribution in [0.4, 0.5) is 0 Å². The maximum absolute atomic E-state index is 11.1. The van der Waals surface area contributed by atoms with E-state index in [0.717, 1.165) is 4.90 Å². The summed E-state index contributed by atoms with van der Waals surface area (Å²) in [6.07, 6.45) is -4.37. The fourth-order valence-corrected chi connectivity index (χ4v) is 6.18. The molecule has 3 aliphatic heterocycles. The van der Waals surface area contributed by atoms with Crippen LogP contribution in [0.2, 0.25) is 0 Å². The van der Waals surface area contributed by atoms with E-state index in [1.54, 1.807) is 11.8 Å². The molecule has 8 nitrogen and oxygen atoms in total. The number of aliphatic hydroxyl groups is 3. The minimum absolute atomic E-state index is 0.0957. The van der Waals surface area contributed by atoms with Gasteiger partial charge in [0.25, 0.3) is 0 Å². The number of hydrogen-bond donors (Lipinski definition) is 4. The summed E-state index contributed by atoms with van der Waals surface area (Å²) in [6.45, 7) is 4.02. The van der Waals surface area contributed by atoms with Crippen LogP contribution >= 0.6 is 11.8 Å². The molecule has 3 saturated heterocycles. The van der Waals surface area contributed by atoms with Crippen molar-refractivity contribution in [2.45, 2.75) is 72.6 Å². The molecule has 0 aromatic heterocycles. The molecule has 0 saturated carbocycles. The van der Waals surface area contributed by atoms with E-state index in [-0.39, 0.29) is 23.5 Å². The molecule has 1 aromatic carbocycles. The zero-order valence-corrected chi connectivity index (χ0v) is 18.2. The standard InChI is InChI=1S/C21H31NO7S/c1-21(2)28-12-9-22-15(18(12)29-21)19(30-11-7-5-4-6-8-11)14-17(25)16(24)13(10-23)27-20(14)26-3/h4-8,12-20,22-25H,9-10H2,1-3H3/t12-,13+,14-,15-,16+,17-,18-,19?,20-/m0/s1. The summed E-state index contributed by atoms with van der Waals surface area (Å²) in [4.78, 5) is 1.02. The Labute approximate surface area is 180 Å². The highest BCUT2D eigenvalue weighted by molar-refractivity contribution is 8.00. The topological polar surface area (TPSA) is 110 Å². The third-order valence-electron chi connectivity index (χ3n) is 6.04. The summed E-state index contributed by atoms with van der Waals surface area (Å²) in [5.74, 6) is -1.25. The van der Waals surface area contributed by atoms with Crippen LogP contribution in [0, 0.1) is 5.92 Å². The second-order valence-electron chi connectivity index (χ2n) is 8.49. The Kier molecular flexibility index (Phi) is 6.74. The van der Waals surface area contributed by atoms with Gasteiger partial charge in [-0.3, -0.25) is 0 Å². The quantitative estimate of drug-likeness (QED) is 0.465. The first kappa shape index (κ1) is 22.4. The maximum atomic E-state index is 11.1. The van der Waals surface area contributed by atoms with E-state index in [1.165, 1.54) is 7.11 Å². The number of rotatable bonds is 6. The number of aliphatic hydroxyl groups excluding tert-OH is 3. The molecule has 0 spiro atoms. The van der Waals surface area contributed by atoms with Gasteiger partial charge in [-0.05, 0) is 26.0 Å². The third-order valence-corrected chi connectivity index (χ3v) is 7.46. The summed E-state index contributed by atoms with van der Waals surface area (Å²) >= 11 is 1.58. The second kappa shape index (κ2) is 9.01. The lowest BCUT2D eigenvalue weighted by Crippen LogP contribution is -2.62. The van der Waals surface area contributed by atoms with Gasteiger partial charge in [-0.1, -0.05) is 18.2 Å². The Morgan fingerprint density at radius 3 is 2.60 bits per heavy atom. The monoisotopic (exact) mass is 441 g/mol. The molecule has 1 unspecified atom stereocenters. The minimum Gasteiger partial charge on any atom is -0.394 e. The predicted molar refractivity (Wildman–Crippen MR) is 110 cm³/mol. The van der Waals surface area contributed by atoms with Gasteiger partial charge in [0.05, 0.1) is 18.6 Å². The number of ether oxygens (including phenoxy) is 4. The SMILES string of the molecule is CO[C@H]1O[C@H](CO)[C@@H](O)[C@@H](O)[C@H]1C(Sc1ccccc1)[C@H]1NC[C@@H]2OC(C)(C)O[C@@H]21. The van der Waals surface area contributed by atoms with E-state index in [1.807, 2.05) is 44.2 Å². The van der Waals surface area contributed by atoms with Crippen LogP contribution in [0.3, 0.4) is 0 Å². The molecular formula is C21H31NO7S. The fourth-order valence-electron chi connectivity index (χ4n) is 4.71. The molecule has 3 fully saturated rings. The van der Waals surface area contributed by atoms with Crippen LogP contribution < -0.4 is 5.32 Å². The number of benzene rings is 1. The van der Waals surface area contributed by atoms with E-state index in [2.05, 4.69) is 5.32 Å². The summed E-state index contributed by atoms with van der Waals surface area (Å²) in [5.41, 5.74) is 0. The molecule has 9 atom stereocenters. The van der Waals surface area contributed by atoms with Crippen molar-refractivity contribution < 1.29 is 34.3 Å². The summed E-state index contributed by atoms with van der Waals surface area (Å²) in [6, 6.07) is 9.71. The van der Waals surface area contributed by atoms with Gasteiger partial charge in [-0.2, -0.15) is 0 Å². The van der Waals surface area contributed by atoms with Gasteiger partial charge >= 0.3 is 0 Å². The number of methoxy groups -OCH3 is 1. The highest BCUT2D eigenvalue weighted by Gasteiger charge is 2.56. The van der Waals surface area contributed by atoms with Crippen LogP contribution in [-0.2, 0) is 18.9 Å². The first-order valence-corrected chi connectivity index (χ1v) is 11.2. The van der Waals surface area contributed by atoms with Crippen molar-refractivity contribution in [2.24, 2.45) is 5.92 Å². The molecule has 4 rings (SSSR count). The van der Waals surface area contributed by atoms with Crippen molar-refractivity contribution in [2.75, 3.05) is 20.3 Å². The average Bonchev–Trinajstić information content (AvgIpc) is 3.24. The number of hydrogen-bond acceptors (Lipinski definition) is 9. The smallest absolute Gasteiger partial charge is 0.164 e. The van der Waals surface area contributed by atoms with Crippen molar-refractivity contribution in [1.82, 2.24) is 5.32 Å². The number of fused-ring (bicyclic) bond motifs is 1. The van der Waals surface area contributed by atoms with Gasteiger partial charge in [-0.25, -0.2) is 0 Å². The van der Waals surface area contributed by atoms with E-state index >= 15 is 0 Å². The normalized spacial score (nSPS) is 41.5. The molecule has 9 heteroatoms. The molecule has 0 aliphatic carbocycles. The molecule has 168 valence electrons. The highest BCUT2D eigenvalue weighted by atomic mass is 32.2. The Balaban J connectivity index is 1.66. The highest BCUT2D eigenvalue weighted by Crippen LogP contribution is 2.44. The lowest BCUT2D eigenvalue weighted by atomic mass is 9.84. The molecule has 0 radical (unpaired) electrons. The molecule has 4 N–H and O–H groups in total. The Bertz CT molecular complexity index is 706. The fraction of sp³-hybridized carbons (Fsp3) is 0.714. The molecular weight excluding hydrogens is 410 g/mol. The summed E-state index contributed by atoms with van der Waals surface area (Å²) in [5, 5.41) is 34.4. The number of thioether (sulfide) groups is 1. The third kappa shape index (κ3) is 4.28. The lowest BCUT2D eigenvalue weighted by molar-refractivity contribution is -0.279. The van der Waals surface area contributed by atoms with E-state index in [9.17, 15) is 15.3 Å². The molecule has 3 aliphatic rings. The molecule has 30 heavy (non-hydrogen) atoms. The average molecular weight is 442 g/mol. The van der Waals surface area contributed by atoms with Gasteiger partial charge in [0.15, 0.2) is 12.1 Å². The Morgan fingerprint density at radius 2 is 1.93 bits per heavy atom. The van der Waals surface area contributed by atoms with Gasteiger partial charge in [0.1, 0.15) is 24.4 Å². The van der Waals surface area contributed by atoms with Crippen molar-refractivity contribution in [3.8, 4) is 0 Å². The minimum atomic E-state index is -1.22. The summed E-state index contributed by atoms with van der Waals surface area (Å²) < 4.78 is 23.6. The largest absolute Gasteiger partial charge is 0.394 e. The number of nitrogens with one attached hydrogen (secondary N) is 1. The Hall–Kier alpha value is -0.750. The van der Waals surface area contributed by atoms with Crippen molar-refractivity contribution in [3.63, 3.8) is 0 Å². The van der Waals surface area contributed by atoms with Crippen molar-refractivity contribution >= 4 is 11.8 Å². The van der Waals surface area contributed by atoms with Crippen molar-refractivity contribution in [3.05, 3.63) is 30.3 Å². The van der Waals surface area contributed by atoms with Crippen LogP contribution in [0.25, 0.3) is 0 Å². The molecule has 3 heterocycles. The van der Waals surface area contributed by atoms with E-state index in [4.69, 9.17) is 18.9 Å². The summed E-state index contributed by atoms with van der Waals surface area (Å²) in [7, 11) is 1.50. The second-order valence-corrected chi connectivity index (χ2v) is 9.74. The van der Waals surface area contributed by atoms with Gasteiger partial charge in [-0.15, -0.1) is 11.8 Å². The molecule has 1 aromatic rings.